The largest absolute Gasteiger partial charge is 0.497 e. The molecule has 0 fully saturated rings. The molecule has 7 aromatic rings. The van der Waals surface area contributed by atoms with Crippen LogP contribution in [0, 0.1) is 0 Å². The van der Waals surface area contributed by atoms with E-state index < -0.39 is 17.1 Å². The molecule has 9 nitrogen and oxygen atoms in total. The van der Waals surface area contributed by atoms with Gasteiger partial charge in [-0.15, -0.1) is 11.8 Å². The molecule has 10 heteroatoms. The minimum atomic E-state index is -0.623. The Labute approximate surface area is 316 Å². The van der Waals surface area contributed by atoms with Gasteiger partial charge >= 0.3 is 0 Å². The van der Waals surface area contributed by atoms with E-state index in [1.54, 1.807) is 73.8 Å². The molecule has 6 aromatic carbocycles. The number of hydrogen-bond acceptors (Lipinski definition) is 7. The SMILES string of the molecule is COc1cccc(/C=C(\NC(=O)c2ccccc2)C(=O)Nc2cccc(SC(C(=O)Nc3ccc(-c4nc5ccccc5o4)cc3)c3ccccc3)c2)c1. The van der Waals surface area contributed by atoms with Crippen LogP contribution in [0.4, 0.5) is 11.4 Å². The van der Waals surface area contributed by atoms with Crippen molar-refractivity contribution in [3.05, 3.63) is 180 Å². The number of para-hydroxylation sites is 2. The monoisotopic (exact) mass is 730 g/mol. The zero-order valence-electron chi connectivity index (χ0n) is 29.1. The van der Waals surface area contributed by atoms with E-state index in [0.29, 0.717) is 39.7 Å². The summed E-state index contributed by atoms with van der Waals surface area (Å²) in [4.78, 5) is 46.1. The predicted molar refractivity (Wildman–Crippen MR) is 213 cm³/mol. The highest BCUT2D eigenvalue weighted by atomic mass is 32.2. The second kappa shape index (κ2) is 16.6. The first-order valence-electron chi connectivity index (χ1n) is 17.0. The lowest BCUT2D eigenvalue weighted by Crippen LogP contribution is -2.30. The van der Waals surface area contributed by atoms with Crippen molar-refractivity contribution in [1.82, 2.24) is 10.3 Å². The molecule has 0 aliphatic heterocycles. The number of oxazole rings is 1. The summed E-state index contributed by atoms with van der Waals surface area (Å²) in [5.74, 6) is -0.0658. The summed E-state index contributed by atoms with van der Waals surface area (Å²) >= 11 is 1.35. The number of anilines is 2. The van der Waals surface area contributed by atoms with Crippen LogP contribution >= 0.6 is 11.8 Å². The van der Waals surface area contributed by atoms with Crippen molar-refractivity contribution in [1.29, 1.82) is 0 Å². The number of rotatable bonds is 12. The van der Waals surface area contributed by atoms with Crippen molar-refractivity contribution >= 4 is 58.0 Å². The molecular weight excluding hydrogens is 697 g/mol. The van der Waals surface area contributed by atoms with E-state index in [0.717, 1.165) is 21.5 Å². The fourth-order valence-corrected chi connectivity index (χ4v) is 6.71. The first-order chi connectivity index (χ1) is 26.4. The Morgan fingerprint density at radius 1 is 0.722 bits per heavy atom. The van der Waals surface area contributed by atoms with Gasteiger partial charge in [0.05, 0.1) is 7.11 Å². The van der Waals surface area contributed by atoms with Crippen molar-refractivity contribution in [3.63, 3.8) is 0 Å². The van der Waals surface area contributed by atoms with Gasteiger partial charge in [-0.3, -0.25) is 14.4 Å². The average molecular weight is 731 g/mol. The maximum absolute atomic E-state index is 13.9. The molecule has 0 saturated carbocycles. The molecule has 1 aromatic heterocycles. The fourth-order valence-electron chi connectivity index (χ4n) is 5.62. The maximum Gasteiger partial charge on any atom is 0.272 e. The molecule has 266 valence electrons. The molecule has 54 heavy (non-hydrogen) atoms. The van der Waals surface area contributed by atoms with Crippen molar-refractivity contribution < 1.29 is 23.5 Å². The molecule has 0 aliphatic carbocycles. The van der Waals surface area contributed by atoms with Gasteiger partial charge in [-0.1, -0.05) is 78.9 Å². The number of fused-ring (bicyclic) bond motifs is 1. The van der Waals surface area contributed by atoms with Crippen molar-refractivity contribution in [3.8, 4) is 17.2 Å². The lowest BCUT2D eigenvalue weighted by molar-refractivity contribution is -0.116. The maximum atomic E-state index is 13.9. The molecule has 0 aliphatic rings. The van der Waals surface area contributed by atoms with Crippen molar-refractivity contribution in [2.45, 2.75) is 10.1 Å². The minimum Gasteiger partial charge on any atom is -0.497 e. The summed E-state index contributed by atoms with van der Waals surface area (Å²) in [5.41, 5.74) is 5.29. The van der Waals surface area contributed by atoms with E-state index in [2.05, 4.69) is 20.9 Å². The summed E-state index contributed by atoms with van der Waals surface area (Å²) in [6.07, 6.45) is 1.59. The highest BCUT2D eigenvalue weighted by Crippen LogP contribution is 2.37. The standard InChI is InChI=1S/C44H34N4O5S/c1-52-35-18-10-12-29(26-35)27-38(47-41(49)31-15-6-3-7-16-31)42(50)46-34-17-11-19-36(28-34)54-40(30-13-4-2-5-14-30)43(51)45-33-24-22-32(23-25-33)44-48-37-20-8-9-21-39(37)53-44/h2-28,40H,1H3,(H,45,51)(H,46,50)(H,47,49)/b38-27-. The average Bonchev–Trinajstić information content (AvgIpc) is 3.65. The number of aromatic nitrogens is 1. The number of carbonyl (C=O) groups excluding carboxylic acids is 3. The number of ether oxygens (including phenoxy) is 1. The van der Waals surface area contributed by atoms with Crippen LogP contribution in [0.25, 0.3) is 28.6 Å². The Morgan fingerprint density at radius 3 is 2.20 bits per heavy atom. The van der Waals surface area contributed by atoms with Crippen LogP contribution in [0.3, 0.4) is 0 Å². The van der Waals surface area contributed by atoms with Gasteiger partial charge in [0.1, 0.15) is 22.2 Å². The highest BCUT2D eigenvalue weighted by molar-refractivity contribution is 8.00. The van der Waals surface area contributed by atoms with Gasteiger partial charge < -0.3 is 25.1 Å². The molecule has 3 amide bonds. The molecule has 0 bridgehead atoms. The van der Waals surface area contributed by atoms with E-state index in [1.165, 1.54) is 11.8 Å². The third-order valence-electron chi connectivity index (χ3n) is 8.31. The van der Waals surface area contributed by atoms with Gasteiger partial charge in [-0.2, -0.15) is 0 Å². The number of methoxy groups -OCH3 is 1. The molecule has 0 saturated heterocycles. The molecule has 1 atom stereocenters. The Kier molecular flexibility index (Phi) is 10.9. The lowest BCUT2D eigenvalue weighted by atomic mass is 10.1. The summed E-state index contributed by atoms with van der Waals surface area (Å²) in [7, 11) is 1.56. The highest BCUT2D eigenvalue weighted by Gasteiger charge is 2.23. The number of nitrogens with one attached hydrogen (secondary N) is 3. The Morgan fingerprint density at radius 2 is 1.44 bits per heavy atom. The minimum absolute atomic E-state index is 0.0406. The van der Waals surface area contributed by atoms with Crippen molar-refractivity contribution in [2.75, 3.05) is 17.7 Å². The molecule has 1 unspecified atom stereocenters. The summed E-state index contributed by atoms with van der Waals surface area (Å²) < 4.78 is 11.2. The second-order valence-corrected chi connectivity index (χ2v) is 13.3. The summed E-state index contributed by atoms with van der Waals surface area (Å²) in [5, 5.41) is 8.12. The van der Waals surface area contributed by atoms with Gasteiger partial charge in [0.15, 0.2) is 5.58 Å². The Balaban J connectivity index is 1.09. The smallest absolute Gasteiger partial charge is 0.272 e. The Bertz CT molecular complexity index is 2410. The number of thioether (sulfide) groups is 1. The van der Waals surface area contributed by atoms with E-state index in [4.69, 9.17) is 9.15 Å². The predicted octanol–water partition coefficient (Wildman–Crippen LogP) is 9.39. The molecule has 1 heterocycles. The van der Waals surface area contributed by atoms with Crippen LogP contribution in [0.2, 0.25) is 0 Å². The zero-order valence-corrected chi connectivity index (χ0v) is 29.9. The first-order valence-corrected chi connectivity index (χ1v) is 17.9. The lowest BCUT2D eigenvalue weighted by Gasteiger charge is -2.18. The molecule has 0 radical (unpaired) electrons. The number of hydrogen-bond donors (Lipinski definition) is 3. The van der Waals surface area contributed by atoms with Crippen molar-refractivity contribution in [2.24, 2.45) is 0 Å². The van der Waals surface area contributed by atoms with Gasteiger partial charge in [0.2, 0.25) is 11.8 Å². The van der Waals surface area contributed by atoms with E-state index >= 15 is 0 Å². The van der Waals surface area contributed by atoms with E-state index in [1.807, 2.05) is 97.1 Å². The normalized spacial score (nSPS) is 11.8. The Hall–Kier alpha value is -6.91. The number of carbonyl (C=O) groups is 3. The number of benzene rings is 6. The van der Waals surface area contributed by atoms with Crippen LogP contribution in [-0.4, -0.2) is 29.8 Å². The van der Waals surface area contributed by atoms with Gasteiger partial charge in [-0.05, 0) is 96.1 Å². The van der Waals surface area contributed by atoms with Crippen LogP contribution in [-0.2, 0) is 9.59 Å². The molecule has 0 spiro atoms. The third kappa shape index (κ3) is 8.75. The molecular formula is C44H34N4O5S. The first kappa shape index (κ1) is 35.5. The van der Waals surface area contributed by atoms with Crippen LogP contribution in [0.1, 0.15) is 26.7 Å². The number of nitrogens with zero attached hydrogens (tertiary/aromatic N) is 1. The van der Waals surface area contributed by atoms with Crippen LogP contribution in [0.15, 0.2) is 173 Å². The third-order valence-corrected chi connectivity index (χ3v) is 9.56. The van der Waals surface area contributed by atoms with Gasteiger partial charge in [-0.25, -0.2) is 4.98 Å². The van der Waals surface area contributed by atoms with E-state index in [-0.39, 0.29) is 11.6 Å². The van der Waals surface area contributed by atoms with Gasteiger partial charge in [0, 0.05) is 27.4 Å². The molecule has 7 rings (SSSR count). The van der Waals surface area contributed by atoms with Crippen LogP contribution < -0.4 is 20.7 Å². The summed E-state index contributed by atoms with van der Waals surface area (Å²) in [6.45, 7) is 0. The summed E-state index contributed by atoms with van der Waals surface area (Å²) in [6, 6.07) is 47.5. The topological polar surface area (TPSA) is 123 Å². The fraction of sp³-hybridized carbons (Fsp3) is 0.0455. The van der Waals surface area contributed by atoms with Crippen LogP contribution in [0.5, 0.6) is 5.75 Å². The zero-order chi connectivity index (χ0) is 37.3. The molecule has 3 N–H and O–H groups in total. The quantitative estimate of drug-likeness (QED) is 0.0846. The van der Waals surface area contributed by atoms with E-state index in [9.17, 15) is 14.4 Å². The second-order valence-electron chi connectivity index (χ2n) is 12.1. The van der Waals surface area contributed by atoms with Gasteiger partial charge in [0.25, 0.3) is 11.8 Å². The number of amides is 3.